The predicted molar refractivity (Wildman–Crippen MR) is 106 cm³/mol. The molecule has 0 atom stereocenters. The smallest absolute Gasteiger partial charge is 0.303 e. The zero-order valence-electron chi connectivity index (χ0n) is 16.0. The summed E-state index contributed by atoms with van der Waals surface area (Å²) in [6, 6.07) is 10.5. The zero-order chi connectivity index (χ0) is 19.1. The Labute approximate surface area is 161 Å². The van der Waals surface area contributed by atoms with Gasteiger partial charge in [0.2, 0.25) is 0 Å². The third kappa shape index (κ3) is 5.28. The summed E-state index contributed by atoms with van der Waals surface area (Å²) in [5, 5.41) is 13.4. The molecule has 0 unspecified atom stereocenters. The molecule has 144 valence electrons. The van der Waals surface area contributed by atoms with Gasteiger partial charge < -0.3 is 5.11 Å². The predicted octanol–water partition coefficient (Wildman–Crippen LogP) is 4.12. The first-order chi connectivity index (χ1) is 13.1. The van der Waals surface area contributed by atoms with E-state index in [0.717, 1.165) is 50.2 Å². The van der Waals surface area contributed by atoms with Crippen LogP contribution in [0.5, 0.6) is 0 Å². The maximum Gasteiger partial charge on any atom is 0.303 e. The highest BCUT2D eigenvalue weighted by Crippen LogP contribution is 2.34. The summed E-state index contributed by atoms with van der Waals surface area (Å²) in [6.07, 6.45) is 10.1. The van der Waals surface area contributed by atoms with Gasteiger partial charge in [0, 0.05) is 24.5 Å². The quantitative estimate of drug-likeness (QED) is 0.394. The number of nitrogens with two attached hydrogens (primary N) is 1. The topological polar surface area (TPSA) is 80.1 Å². The fraction of sp³-hybridized carbons (Fsp3) is 0.500. The second-order valence-corrected chi connectivity index (χ2v) is 7.47. The Hall–Kier alpha value is -2.43. The van der Waals surface area contributed by atoms with Crippen LogP contribution in [-0.2, 0) is 17.8 Å². The number of nitrogens with zero attached hydrogens (tertiary/aromatic N) is 2. The largest absolute Gasteiger partial charge is 0.481 e. The van der Waals surface area contributed by atoms with E-state index in [1.54, 1.807) is 0 Å². The van der Waals surface area contributed by atoms with Crippen molar-refractivity contribution in [2.45, 2.75) is 70.8 Å². The second kappa shape index (κ2) is 9.49. The number of aliphatic carboxylic acids is 1. The molecule has 3 N–H and O–H groups in total. The fourth-order valence-corrected chi connectivity index (χ4v) is 3.81. The summed E-state index contributed by atoms with van der Waals surface area (Å²) >= 11 is 0. The number of benzene rings is 1. The van der Waals surface area contributed by atoms with Gasteiger partial charge >= 0.3 is 5.97 Å². The van der Waals surface area contributed by atoms with Gasteiger partial charge in [-0.25, -0.2) is 0 Å². The van der Waals surface area contributed by atoms with Crippen LogP contribution in [0.3, 0.4) is 0 Å². The maximum atomic E-state index is 10.5. The lowest BCUT2D eigenvalue weighted by Gasteiger charge is -2.05. The number of fused-ring (bicyclic) bond motifs is 3. The monoisotopic (exact) mass is 368 g/mol. The molecule has 5 heteroatoms. The molecule has 0 amide bonds. The normalized spacial score (nSPS) is 12.0. The molecule has 2 aromatic rings. The van der Waals surface area contributed by atoms with E-state index in [-0.39, 0.29) is 0 Å². The fourth-order valence-electron chi connectivity index (χ4n) is 3.81. The Morgan fingerprint density at radius 3 is 2.41 bits per heavy atom. The van der Waals surface area contributed by atoms with Gasteiger partial charge in [-0.1, -0.05) is 61.5 Å². The number of aromatic nitrogens is 2. The third-order valence-corrected chi connectivity index (χ3v) is 5.31. The Balaban J connectivity index is 1.38. The molecule has 0 aliphatic heterocycles. The average Bonchev–Trinajstić information content (AvgIpc) is 3.00. The van der Waals surface area contributed by atoms with E-state index >= 15 is 0 Å². The lowest BCUT2D eigenvalue weighted by atomic mass is 10.1. The molecule has 1 heterocycles. The van der Waals surface area contributed by atoms with Crippen LogP contribution in [0.1, 0.15) is 68.9 Å². The van der Waals surface area contributed by atoms with E-state index in [1.165, 1.54) is 42.4 Å². The molecular weight excluding hydrogens is 338 g/mol. The zero-order valence-corrected chi connectivity index (χ0v) is 16.0. The van der Waals surface area contributed by atoms with Crippen molar-refractivity contribution >= 4 is 11.8 Å². The van der Waals surface area contributed by atoms with Gasteiger partial charge in [0.15, 0.2) is 0 Å². The molecule has 27 heavy (non-hydrogen) atoms. The van der Waals surface area contributed by atoms with E-state index < -0.39 is 5.97 Å². The van der Waals surface area contributed by atoms with Crippen LogP contribution in [0.25, 0.3) is 11.3 Å². The first kappa shape index (κ1) is 19.3. The molecule has 1 aromatic carbocycles. The van der Waals surface area contributed by atoms with Crippen molar-refractivity contribution in [3.63, 3.8) is 0 Å². The minimum atomic E-state index is -0.685. The van der Waals surface area contributed by atoms with Gasteiger partial charge in [0.25, 0.3) is 5.82 Å². The first-order valence-corrected chi connectivity index (χ1v) is 10.1. The van der Waals surface area contributed by atoms with Crippen LogP contribution in [-0.4, -0.2) is 16.2 Å². The summed E-state index contributed by atoms with van der Waals surface area (Å²) in [7, 11) is 0. The number of hydrogen-bond acceptors (Lipinski definition) is 3. The minimum absolute atomic E-state index is 0.302. The highest BCUT2D eigenvalue weighted by Gasteiger charge is 2.23. The molecule has 0 saturated carbocycles. The van der Waals surface area contributed by atoms with Crippen LogP contribution in [0.4, 0.5) is 5.82 Å². The standard InChI is InChI=1S/C22H29N3O2/c23-20-16-18-15-17-11-8-9-12-19(17)22(18)24-25(20)14-10-6-4-2-1-3-5-7-13-21(26)27/h8-9,11-12,16,23H,1-7,10,13-15H2,(H,26,27)/p+1. The summed E-state index contributed by atoms with van der Waals surface area (Å²) in [5.74, 6) is 0.0652. The van der Waals surface area contributed by atoms with E-state index in [0.29, 0.717) is 6.42 Å². The number of nitrogen functional groups attached to an aromatic ring is 1. The molecule has 1 aromatic heterocycles. The first-order valence-electron chi connectivity index (χ1n) is 10.1. The average molecular weight is 369 g/mol. The molecule has 0 spiro atoms. The van der Waals surface area contributed by atoms with Crippen molar-refractivity contribution in [3.05, 3.63) is 41.5 Å². The Morgan fingerprint density at radius 2 is 1.67 bits per heavy atom. The van der Waals surface area contributed by atoms with E-state index in [4.69, 9.17) is 15.9 Å². The van der Waals surface area contributed by atoms with Crippen LogP contribution in [0.15, 0.2) is 30.3 Å². The Bertz CT molecular complexity index is 789. The third-order valence-electron chi connectivity index (χ3n) is 5.31. The van der Waals surface area contributed by atoms with E-state index in [2.05, 4.69) is 30.3 Å². The highest BCUT2D eigenvalue weighted by atomic mass is 16.4. The molecule has 0 fully saturated rings. The van der Waals surface area contributed by atoms with Crippen molar-refractivity contribution < 1.29 is 14.6 Å². The van der Waals surface area contributed by atoms with E-state index in [1.807, 2.05) is 4.68 Å². The molecule has 1 aliphatic carbocycles. The molecule has 0 radical (unpaired) electrons. The lowest BCUT2D eigenvalue weighted by molar-refractivity contribution is -0.739. The Kier molecular flexibility index (Phi) is 6.80. The summed E-state index contributed by atoms with van der Waals surface area (Å²) < 4.78 is 1.95. The number of carbonyl (C=O) groups is 1. The van der Waals surface area contributed by atoms with Crippen molar-refractivity contribution in [1.82, 2.24) is 5.10 Å². The van der Waals surface area contributed by atoms with Crippen molar-refractivity contribution in [2.75, 3.05) is 5.73 Å². The maximum absolute atomic E-state index is 10.5. The van der Waals surface area contributed by atoms with Gasteiger partial charge in [0.1, 0.15) is 12.2 Å². The van der Waals surface area contributed by atoms with Gasteiger partial charge in [-0.15, -0.1) is 4.68 Å². The second-order valence-electron chi connectivity index (χ2n) is 7.47. The summed E-state index contributed by atoms with van der Waals surface area (Å²) in [5.41, 5.74) is 11.1. The molecule has 3 rings (SSSR count). The van der Waals surface area contributed by atoms with Gasteiger partial charge in [-0.05, 0) is 30.4 Å². The number of carboxylic acids is 1. The SMILES string of the molecule is Nc1cc2c(n[n+]1CCCCCCCCCCC(=O)O)-c1ccccc1C2. The van der Waals surface area contributed by atoms with Gasteiger partial charge in [0.05, 0.1) is 0 Å². The van der Waals surface area contributed by atoms with Crippen molar-refractivity contribution in [1.29, 1.82) is 0 Å². The van der Waals surface area contributed by atoms with Gasteiger partial charge in [-0.2, -0.15) is 0 Å². The number of rotatable bonds is 11. The molecule has 1 aliphatic rings. The number of carboxylic acid groups (broad SMARTS) is 1. The molecule has 5 nitrogen and oxygen atoms in total. The van der Waals surface area contributed by atoms with Crippen LogP contribution >= 0.6 is 0 Å². The minimum Gasteiger partial charge on any atom is -0.481 e. The number of hydrogen-bond donors (Lipinski definition) is 2. The number of unbranched alkanes of at least 4 members (excludes halogenated alkanes) is 7. The van der Waals surface area contributed by atoms with Crippen LogP contribution < -0.4 is 10.4 Å². The molecule has 0 saturated heterocycles. The number of aryl methyl sites for hydroxylation is 1. The Morgan fingerprint density at radius 1 is 1.00 bits per heavy atom. The van der Waals surface area contributed by atoms with Crippen LogP contribution in [0, 0.1) is 0 Å². The van der Waals surface area contributed by atoms with Crippen molar-refractivity contribution in [2.24, 2.45) is 0 Å². The van der Waals surface area contributed by atoms with E-state index in [9.17, 15) is 4.79 Å². The molecule has 0 bridgehead atoms. The summed E-state index contributed by atoms with van der Waals surface area (Å²) in [4.78, 5) is 10.5. The summed E-state index contributed by atoms with van der Waals surface area (Å²) in [6.45, 7) is 0.861. The van der Waals surface area contributed by atoms with Crippen molar-refractivity contribution in [3.8, 4) is 11.3 Å². The highest BCUT2D eigenvalue weighted by molar-refractivity contribution is 5.73. The number of anilines is 1. The van der Waals surface area contributed by atoms with Gasteiger partial charge in [-0.3, -0.25) is 10.5 Å². The lowest BCUT2D eigenvalue weighted by Crippen LogP contribution is -2.41. The van der Waals surface area contributed by atoms with Crippen LogP contribution in [0.2, 0.25) is 0 Å². The molecular formula is C22H30N3O2+.